The molecule has 1 heterocycles. The molecule has 1 aliphatic heterocycles. The molecule has 0 aromatic rings. The summed E-state index contributed by atoms with van der Waals surface area (Å²) >= 11 is 0. The summed E-state index contributed by atoms with van der Waals surface area (Å²) in [4.78, 5) is 0. The molecule has 0 aromatic heterocycles. The molecule has 3 heteroatoms. The second kappa shape index (κ2) is 3.52. The standard InChI is InChI=1S/C8H16O3/c1-3-8(4-9)5-10-7(2)11-6-8/h7,9H,3-6H2,1-2H3. The van der Waals surface area contributed by atoms with Crippen molar-refractivity contribution < 1.29 is 14.6 Å². The van der Waals surface area contributed by atoms with Crippen LogP contribution in [0.1, 0.15) is 20.3 Å². The van der Waals surface area contributed by atoms with E-state index in [4.69, 9.17) is 14.6 Å². The lowest BCUT2D eigenvalue weighted by atomic mass is 9.87. The van der Waals surface area contributed by atoms with Crippen molar-refractivity contribution in [3.8, 4) is 0 Å². The minimum Gasteiger partial charge on any atom is -0.396 e. The highest BCUT2D eigenvalue weighted by atomic mass is 16.7. The lowest BCUT2D eigenvalue weighted by Crippen LogP contribution is -2.42. The van der Waals surface area contributed by atoms with E-state index in [1.165, 1.54) is 0 Å². The van der Waals surface area contributed by atoms with Crippen molar-refractivity contribution in [2.24, 2.45) is 5.41 Å². The first-order chi connectivity index (χ1) is 5.22. The molecule has 1 fully saturated rings. The summed E-state index contributed by atoms with van der Waals surface area (Å²) in [6, 6.07) is 0. The first-order valence-corrected chi connectivity index (χ1v) is 4.06. The van der Waals surface area contributed by atoms with Crippen molar-refractivity contribution in [2.75, 3.05) is 19.8 Å². The average Bonchev–Trinajstić information content (AvgIpc) is 2.07. The van der Waals surface area contributed by atoms with Crippen LogP contribution in [0, 0.1) is 5.41 Å². The Morgan fingerprint density at radius 1 is 1.45 bits per heavy atom. The molecular weight excluding hydrogens is 144 g/mol. The van der Waals surface area contributed by atoms with Crippen LogP contribution in [-0.2, 0) is 9.47 Å². The van der Waals surface area contributed by atoms with Crippen LogP contribution in [0.2, 0.25) is 0 Å². The summed E-state index contributed by atoms with van der Waals surface area (Å²) in [5.74, 6) is 0. The molecule has 3 nitrogen and oxygen atoms in total. The lowest BCUT2D eigenvalue weighted by molar-refractivity contribution is -0.228. The Kier molecular flexibility index (Phi) is 2.87. The van der Waals surface area contributed by atoms with Crippen LogP contribution in [-0.4, -0.2) is 31.2 Å². The number of hydrogen-bond donors (Lipinski definition) is 1. The molecule has 0 unspecified atom stereocenters. The van der Waals surface area contributed by atoms with Crippen LogP contribution in [0.5, 0.6) is 0 Å². The monoisotopic (exact) mass is 160 g/mol. The smallest absolute Gasteiger partial charge is 0.154 e. The molecule has 0 bridgehead atoms. The summed E-state index contributed by atoms with van der Waals surface area (Å²) in [5.41, 5.74) is -0.146. The van der Waals surface area contributed by atoms with Crippen LogP contribution in [0.25, 0.3) is 0 Å². The van der Waals surface area contributed by atoms with Gasteiger partial charge in [0.25, 0.3) is 0 Å². The maximum absolute atomic E-state index is 9.07. The van der Waals surface area contributed by atoms with Crippen molar-refractivity contribution in [1.29, 1.82) is 0 Å². The number of rotatable bonds is 2. The second-order valence-electron chi connectivity index (χ2n) is 3.20. The third-order valence-electron chi connectivity index (χ3n) is 2.33. The molecular formula is C8H16O3. The lowest BCUT2D eigenvalue weighted by Gasteiger charge is -2.36. The molecule has 0 saturated carbocycles. The zero-order chi connectivity index (χ0) is 8.32. The molecule has 0 spiro atoms. The minimum atomic E-state index is -0.146. The van der Waals surface area contributed by atoms with Crippen molar-refractivity contribution in [1.82, 2.24) is 0 Å². The van der Waals surface area contributed by atoms with Crippen LogP contribution in [0.15, 0.2) is 0 Å². The van der Waals surface area contributed by atoms with Crippen LogP contribution < -0.4 is 0 Å². The summed E-state index contributed by atoms with van der Waals surface area (Å²) in [6.07, 6.45) is 0.789. The molecule has 0 atom stereocenters. The van der Waals surface area contributed by atoms with Gasteiger partial charge in [0.05, 0.1) is 19.8 Å². The molecule has 11 heavy (non-hydrogen) atoms. The predicted octanol–water partition coefficient (Wildman–Crippen LogP) is 0.768. The summed E-state index contributed by atoms with van der Waals surface area (Å²) < 4.78 is 10.6. The van der Waals surface area contributed by atoms with Gasteiger partial charge in [-0.15, -0.1) is 0 Å². The molecule has 0 aromatic carbocycles. The molecule has 0 amide bonds. The van der Waals surface area contributed by atoms with Gasteiger partial charge in [-0.25, -0.2) is 0 Å². The van der Waals surface area contributed by atoms with Gasteiger partial charge in [-0.1, -0.05) is 6.92 Å². The van der Waals surface area contributed by atoms with Gasteiger partial charge in [-0.3, -0.25) is 0 Å². The van der Waals surface area contributed by atoms with Gasteiger partial charge in [0, 0.05) is 5.41 Å². The zero-order valence-electron chi connectivity index (χ0n) is 7.17. The van der Waals surface area contributed by atoms with E-state index >= 15 is 0 Å². The molecule has 0 aliphatic carbocycles. The molecule has 1 aliphatic rings. The van der Waals surface area contributed by atoms with E-state index in [0.29, 0.717) is 13.2 Å². The van der Waals surface area contributed by atoms with Crippen molar-refractivity contribution in [2.45, 2.75) is 26.6 Å². The summed E-state index contributed by atoms with van der Waals surface area (Å²) in [7, 11) is 0. The van der Waals surface area contributed by atoms with E-state index in [-0.39, 0.29) is 18.3 Å². The van der Waals surface area contributed by atoms with Gasteiger partial charge in [-0.05, 0) is 13.3 Å². The van der Waals surface area contributed by atoms with E-state index < -0.39 is 0 Å². The fraction of sp³-hybridized carbons (Fsp3) is 1.00. The van der Waals surface area contributed by atoms with Crippen LogP contribution >= 0.6 is 0 Å². The Bertz CT molecular complexity index is 111. The first kappa shape index (κ1) is 8.97. The molecule has 1 N–H and O–H groups in total. The van der Waals surface area contributed by atoms with Gasteiger partial charge < -0.3 is 14.6 Å². The van der Waals surface area contributed by atoms with E-state index in [0.717, 1.165) is 6.42 Å². The van der Waals surface area contributed by atoms with Gasteiger partial charge in [-0.2, -0.15) is 0 Å². The molecule has 1 rings (SSSR count). The number of ether oxygens (including phenoxy) is 2. The van der Waals surface area contributed by atoms with Gasteiger partial charge in [0.15, 0.2) is 6.29 Å². The highest BCUT2D eigenvalue weighted by Gasteiger charge is 2.33. The largest absolute Gasteiger partial charge is 0.396 e. The minimum absolute atomic E-state index is 0.110. The SMILES string of the molecule is CCC1(CO)COC(C)OC1. The third kappa shape index (κ3) is 1.92. The Morgan fingerprint density at radius 2 is 2.00 bits per heavy atom. The maximum atomic E-state index is 9.07. The topological polar surface area (TPSA) is 38.7 Å². The highest BCUT2D eigenvalue weighted by Crippen LogP contribution is 2.27. The molecule has 1 saturated heterocycles. The van der Waals surface area contributed by atoms with Crippen molar-refractivity contribution in [3.05, 3.63) is 0 Å². The second-order valence-corrected chi connectivity index (χ2v) is 3.20. The van der Waals surface area contributed by atoms with Gasteiger partial charge in [0.1, 0.15) is 0 Å². The normalized spacial score (nSPS) is 39.0. The maximum Gasteiger partial charge on any atom is 0.154 e. The third-order valence-corrected chi connectivity index (χ3v) is 2.33. The quantitative estimate of drug-likeness (QED) is 0.648. The predicted molar refractivity (Wildman–Crippen MR) is 41.2 cm³/mol. The fourth-order valence-corrected chi connectivity index (χ4v) is 1.09. The van der Waals surface area contributed by atoms with Crippen molar-refractivity contribution in [3.63, 3.8) is 0 Å². The van der Waals surface area contributed by atoms with Crippen molar-refractivity contribution >= 4 is 0 Å². The summed E-state index contributed by atoms with van der Waals surface area (Å²) in [6.45, 7) is 5.29. The van der Waals surface area contributed by atoms with E-state index in [9.17, 15) is 0 Å². The Hall–Kier alpha value is -0.120. The Balaban J connectivity index is 2.45. The number of aliphatic hydroxyl groups excluding tert-OH is 1. The van der Waals surface area contributed by atoms with Crippen LogP contribution in [0.3, 0.4) is 0 Å². The molecule has 66 valence electrons. The number of aliphatic hydroxyl groups is 1. The van der Waals surface area contributed by atoms with Gasteiger partial charge >= 0.3 is 0 Å². The van der Waals surface area contributed by atoms with E-state index in [2.05, 4.69) is 0 Å². The molecule has 0 radical (unpaired) electrons. The van der Waals surface area contributed by atoms with Gasteiger partial charge in [0.2, 0.25) is 0 Å². The average molecular weight is 160 g/mol. The summed E-state index contributed by atoms with van der Waals surface area (Å²) in [5, 5.41) is 9.07. The van der Waals surface area contributed by atoms with E-state index in [1.54, 1.807) is 0 Å². The number of hydrogen-bond acceptors (Lipinski definition) is 3. The Labute approximate surface area is 67.3 Å². The van der Waals surface area contributed by atoms with E-state index in [1.807, 2.05) is 13.8 Å². The highest BCUT2D eigenvalue weighted by molar-refractivity contribution is 4.78. The Morgan fingerprint density at radius 3 is 2.36 bits per heavy atom. The van der Waals surface area contributed by atoms with Crippen LogP contribution in [0.4, 0.5) is 0 Å². The first-order valence-electron chi connectivity index (χ1n) is 4.06. The zero-order valence-corrected chi connectivity index (χ0v) is 7.17. The fourth-order valence-electron chi connectivity index (χ4n) is 1.09.